The highest BCUT2D eigenvalue weighted by Crippen LogP contribution is 2.24. The van der Waals surface area contributed by atoms with Gasteiger partial charge in [0.05, 0.1) is 24.0 Å². The molecular formula is C19H18ClNO6S. The molecule has 1 heterocycles. The van der Waals surface area contributed by atoms with E-state index in [0.717, 1.165) is 0 Å². The van der Waals surface area contributed by atoms with Crippen molar-refractivity contribution in [3.8, 4) is 0 Å². The van der Waals surface area contributed by atoms with Crippen LogP contribution in [-0.2, 0) is 29.1 Å². The van der Waals surface area contributed by atoms with E-state index in [1.807, 2.05) is 0 Å². The van der Waals surface area contributed by atoms with Gasteiger partial charge in [-0.25, -0.2) is 17.9 Å². The predicted molar refractivity (Wildman–Crippen MR) is 101 cm³/mol. The molecule has 0 unspecified atom stereocenters. The Morgan fingerprint density at radius 3 is 2.46 bits per heavy atom. The van der Waals surface area contributed by atoms with E-state index in [2.05, 4.69) is 4.72 Å². The fourth-order valence-electron chi connectivity index (χ4n) is 2.74. The highest BCUT2D eigenvalue weighted by atomic mass is 35.5. The first-order valence-corrected chi connectivity index (χ1v) is 10.4. The maximum atomic E-state index is 12.7. The summed E-state index contributed by atoms with van der Waals surface area (Å²) in [6.07, 6.45) is -0.965. The summed E-state index contributed by atoms with van der Waals surface area (Å²) in [6.45, 7) is 0.192. The first-order valence-electron chi connectivity index (χ1n) is 8.54. The number of hydrogen-bond donors (Lipinski definition) is 1. The number of sulfonamides is 1. The molecule has 0 saturated carbocycles. The van der Waals surface area contributed by atoms with Crippen molar-refractivity contribution in [2.75, 3.05) is 6.61 Å². The average molecular weight is 424 g/mol. The van der Waals surface area contributed by atoms with Gasteiger partial charge in [-0.1, -0.05) is 41.9 Å². The van der Waals surface area contributed by atoms with E-state index < -0.39 is 34.1 Å². The highest BCUT2D eigenvalue weighted by molar-refractivity contribution is 7.89. The number of cyclic esters (lactones) is 1. The van der Waals surface area contributed by atoms with Crippen LogP contribution >= 0.6 is 11.6 Å². The third kappa shape index (κ3) is 5.09. The Bertz CT molecular complexity index is 946. The summed E-state index contributed by atoms with van der Waals surface area (Å²) in [7, 11) is -3.88. The second-order valence-electron chi connectivity index (χ2n) is 6.18. The molecule has 3 rings (SSSR count). The molecule has 148 valence electrons. The van der Waals surface area contributed by atoms with E-state index in [1.165, 1.54) is 12.1 Å². The zero-order valence-corrected chi connectivity index (χ0v) is 16.3. The van der Waals surface area contributed by atoms with E-state index in [-0.39, 0.29) is 24.3 Å². The number of benzene rings is 2. The molecular weight excluding hydrogens is 406 g/mol. The van der Waals surface area contributed by atoms with Gasteiger partial charge in [-0.3, -0.25) is 4.79 Å². The largest absolute Gasteiger partial charge is 0.463 e. The van der Waals surface area contributed by atoms with Gasteiger partial charge < -0.3 is 9.47 Å². The molecule has 2 atom stereocenters. The maximum absolute atomic E-state index is 12.7. The van der Waals surface area contributed by atoms with Gasteiger partial charge in [0.2, 0.25) is 16.1 Å². The number of rotatable bonds is 7. The number of carbonyl (C=O) groups excluding carboxylic acids is 2. The van der Waals surface area contributed by atoms with Crippen LogP contribution in [0.1, 0.15) is 24.4 Å². The zero-order chi connectivity index (χ0) is 20.1. The van der Waals surface area contributed by atoms with Crippen molar-refractivity contribution in [2.45, 2.75) is 29.9 Å². The fourth-order valence-corrected chi connectivity index (χ4v) is 4.11. The topological polar surface area (TPSA) is 98.8 Å². The summed E-state index contributed by atoms with van der Waals surface area (Å²) in [5.41, 5.74) is 0.537. The quantitative estimate of drug-likeness (QED) is 0.687. The minimum Gasteiger partial charge on any atom is -0.463 e. The number of halogens is 1. The van der Waals surface area contributed by atoms with Gasteiger partial charge in [-0.2, -0.15) is 0 Å². The van der Waals surface area contributed by atoms with E-state index in [0.29, 0.717) is 10.6 Å². The predicted octanol–water partition coefficient (Wildman–Crippen LogP) is 2.61. The Kier molecular flexibility index (Phi) is 6.33. The van der Waals surface area contributed by atoms with Crippen LogP contribution in [0.15, 0.2) is 59.5 Å². The van der Waals surface area contributed by atoms with Gasteiger partial charge in [0.15, 0.2) is 0 Å². The van der Waals surface area contributed by atoms with Gasteiger partial charge in [0, 0.05) is 11.4 Å². The molecule has 2 aromatic carbocycles. The minimum atomic E-state index is -3.88. The van der Waals surface area contributed by atoms with Crippen molar-refractivity contribution in [2.24, 2.45) is 0 Å². The van der Waals surface area contributed by atoms with E-state index in [1.54, 1.807) is 42.5 Å². The molecule has 0 spiro atoms. The lowest BCUT2D eigenvalue weighted by molar-refractivity contribution is -0.160. The second-order valence-corrected chi connectivity index (χ2v) is 8.33. The second kappa shape index (κ2) is 8.72. The third-order valence-electron chi connectivity index (χ3n) is 4.16. The van der Waals surface area contributed by atoms with Crippen molar-refractivity contribution < 1.29 is 27.5 Å². The molecule has 1 fully saturated rings. The third-order valence-corrected chi connectivity index (χ3v) is 5.89. The van der Waals surface area contributed by atoms with Gasteiger partial charge >= 0.3 is 11.9 Å². The first kappa shape index (κ1) is 20.3. The van der Waals surface area contributed by atoms with Crippen LogP contribution in [-0.4, -0.2) is 33.1 Å². The van der Waals surface area contributed by atoms with Crippen molar-refractivity contribution in [1.82, 2.24) is 4.72 Å². The molecule has 9 heteroatoms. The van der Waals surface area contributed by atoms with Crippen LogP contribution in [0.5, 0.6) is 0 Å². The highest BCUT2D eigenvalue weighted by Gasteiger charge is 2.32. The van der Waals surface area contributed by atoms with Crippen molar-refractivity contribution in [1.29, 1.82) is 0 Å². The molecule has 7 nitrogen and oxygen atoms in total. The SMILES string of the molecule is O=C(C[C@@H](NS(=O)(=O)c1ccccc1)c1ccc(Cl)cc1)O[C@H]1CCOC1=O. The number of carbonyl (C=O) groups is 2. The van der Waals surface area contributed by atoms with Crippen LogP contribution in [0.2, 0.25) is 5.02 Å². The summed E-state index contributed by atoms with van der Waals surface area (Å²) in [5, 5.41) is 0.477. The number of hydrogen-bond acceptors (Lipinski definition) is 6. The lowest BCUT2D eigenvalue weighted by Crippen LogP contribution is -2.32. The lowest BCUT2D eigenvalue weighted by Gasteiger charge is -2.19. The Labute approximate surface area is 167 Å². The van der Waals surface area contributed by atoms with Gasteiger partial charge in [-0.15, -0.1) is 0 Å². The molecule has 28 heavy (non-hydrogen) atoms. The summed E-state index contributed by atoms with van der Waals surface area (Å²) >= 11 is 5.90. The Balaban J connectivity index is 1.80. The fraction of sp³-hybridized carbons (Fsp3) is 0.263. The van der Waals surface area contributed by atoms with Crippen LogP contribution < -0.4 is 4.72 Å². The zero-order valence-electron chi connectivity index (χ0n) is 14.7. The van der Waals surface area contributed by atoms with E-state index in [4.69, 9.17) is 21.1 Å². The van der Waals surface area contributed by atoms with Gasteiger partial charge in [-0.05, 0) is 29.8 Å². The van der Waals surface area contributed by atoms with E-state index in [9.17, 15) is 18.0 Å². The Hall–Kier alpha value is -2.42. The summed E-state index contributed by atoms with van der Waals surface area (Å²) < 4.78 is 37.8. The number of esters is 2. The standard InChI is InChI=1S/C19H18ClNO6S/c20-14-8-6-13(7-9-14)16(12-18(22)27-17-10-11-26-19(17)23)21-28(24,25)15-4-2-1-3-5-15/h1-9,16-17,21H,10-12H2/t16-,17+/m1/s1. The molecule has 2 aromatic rings. The van der Waals surface area contributed by atoms with Crippen LogP contribution in [0, 0.1) is 0 Å². The van der Waals surface area contributed by atoms with Crippen LogP contribution in [0.3, 0.4) is 0 Å². The molecule has 0 aromatic heterocycles. The smallest absolute Gasteiger partial charge is 0.347 e. The molecule has 0 bridgehead atoms. The lowest BCUT2D eigenvalue weighted by atomic mass is 10.1. The molecule has 0 radical (unpaired) electrons. The van der Waals surface area contributed by atoms with Crippen molar-refractivity contribution in [3.05, 3.63) is 65.2 Å². The molecule has 0 aliphatic carbocycles. The van der Waals surface area contributed by atoms with Gasteiger partial charge in [0.1, 0.15) is 0 Å². The Morgan fingerprint density at radius 2 is 1.86 bits per heavy atom. The molecule has 1 aliphatic heterocycles. The monoisotopic (exact) mass is 423 g/mol. The summed E-state index contributed by atoms with van der Waals surface area (Å²) in [5.74, 6) is -1.30. The summed E-state index contributed by atoms with van der Waals surface area (Å²) in [4.78, 5) is 23.9. The van der Waals surface area contributed by atoms with Crippen molar-refractivity contribution >= 4 is 33.6 Å². The number of ether oxygens (including phenoxy) is 2. The molecule has 1 saturated heterocycles. The van der Waals surface area contributed by atoms with E-state index >= 15 is 0 Å². The normalized spacial score (nSPS) is 17.8. The van der Waals surface area contributed by atoms with Crippen molar-refractivity contribution in [3.63, 3.8) is 0 Å². The number of nitrogens with one attached hydrogen (secondary N) is 1. The van der Waals surface area contributed by atoms with Crippen LogP contribution in [0.4, 0.5) is 0 Å². The average Bonchev–Trinajstić information content (AvgIpc) is 3.07. The van der Waals surface area contributed by atoms with Crippen LogP contribution in [0.25, 0.3) is 0 Å². The Morgan fingerprint density at radius 1 is 1.18 bits per heavy atom. The minimum absolute atomic E-state index is 0.0710. The molecule has 0 amide bonds. The maximum Gasteiger partial charge on any atom is 0.347 e. The molecule has 1 N–H and O–H groups in total. The summed E-state index contributed by atoms with van der Waals surface area (Å²) in [6, 6.07) is 13.4. The first-order chi connectivity index (χ1) is 13.3. The van der Waals surface area contributed by atoms with Gasteiger partial charge in [0.25, 0.3) is 0 Å². The molecule has 1 aliphatic rings.